The number of halogens is 5. The molecule has 0 radical (unpaired) electrons. The van der Waals surface area contributed by atoms with E-state index in [0.29, 0.717) is 6.42 Å². The maximum Gasteiger partial charge on any atom is 0.490 e. The number of anilines is 1. The average molecular weight is 753 g/mol. The van der Waals surface area contributed by atoms with Gasteiger partial charge >= 0.3 is 24.2 Å². The Bertz CT molecular complexity index is 1590. The number of ether oxygens (including phenoxy) is 3. The van der Waals surface area contributed by atoms with Crippen LogP contribution < -0.4 is 10.6 Å². The molecule has 3 aliphatic rings. The summed E-state index contributed by atoms with van der Waals surface area (Å²) in [6.07, 6.45) is -8.18. The van der Waals surface area contributed by atoms with Gasteiger partial charge in [0.25, 0.3) is 5.91 Å². The molecule has 3 amide bonds. The number of ketones is 1. The molecule has 17 heteroatoms. The molecule has 278 valence electrons. The molecule has 0 aliphatic heterocycles. The fraction of sp³-hybridized carbons (Fsp3) is 0.606. The molecular formula is C33H42Cl2F3N3O9. The van der Waals surface area contributed by atoms with Gasteiger partial charge in [0.05, 0.1) is 5.56 Å². The molecule has 3 saturated carbocycles. The number of amides is 3. The molecule has 1 aromatic heterocycles. The monoisotopic (exact) mass is 751 g/mol. The first-order chi connectivity index (χ1) is 23.1. The highest BCUT2D eigenvalue weighted by Crippen LogP contribution is 2.68. The van der Waals surface area contributed by atoms with E-state index >= 15 is 0 Å². The summed E-state index contributed by atoms with van der Waals surface area (Å²) in [5.41, 5.74) is -4.03. The Hall–Kier alpha value is -3.72. The van der Waals surface area contributed by atoms with Crippen LogP contribution in [0.1, 0.15) is 73.5 Å². The number of alkyl carbamates (subject to hydrolysis) is 1. The second kappa shape index (κ2) is 14.1. The summed E-state index contributed by atoms with van der Waals surface area (Å²) in [5.74, 6) is -7.67. The standard InChI is InChI=1S/C33H38Cl2F3N3O9.2H2/c1-7-30(5)13-20(49-29(47)41-26(44)18-8-9-21(39-14-18)40-17(4)42)31(6)15(2)10-11-32(16(3)24(30)50-28(46)33(36,37)38)12-19(22(43)23(31)32)48-27(45)25(34)35;;/h7-9,14-16,19-20,23-25H,1,10-13H2,2-6H3,(H,39,40,42)(H,41,44,47);2*1H/t15?,16-,19-,20+,23?,24-,30+,31-,32-;;/m0../s1. The number of hydrogen-bond acceptors (Lipinski definition) is 10. The van der Waals surface area contributed by atoms with Crippen molar-refractivity contribution in [1.82, 2.24) is 10.3 Å². The topological polar surface area (TPSA) is 167 Å². The molecule has 9 atom stereocenters. The zero-order valence-electron chi connectivity index (χ0n) is 27.9. The minimum absolute atomic E-state index is 0. The number of hydrogen-bond donors (Lipinski definition) is 2. The van der Waals surface area contributed by atoms with Gasteiger partial charge in [0.1, 0.15) is 18.0 Å². The molecule has 4 rings (SSSR count). The van der Waals surface area contributed by atoms with Crippen molar-refractivity contribution in [3.05, 3.63) is 36.5 Å². The van der Waals surface area contributed by atoms with E-state index in [1.807, 2.05) is 6.92 Å². The Morgan fingerprint density at radius 1 is 1.10 bits per heavy atom. The van der Waals surface area contributed by atoms with Gasteiger partial charge in [-0.2, -0.15) is 13.2 Å². The van der Waals surface area contributed by atoms with Crippen molar-refractivity contribution in [2.24, 2.45) is 34.0 Å². The van der Waals surface area contributed by atoms with Crippen LogP contribution in [0.3, 0.4) is 0 Å². The molecule has 0 saturated heterocycles. The molecule has 0 aromatic carbocycles. The molecule has 2 bridgehead atoms. The summed E-state index contributed by atoms with van der Waals surface area (Å²) >= 11 is 11.4. The lowest BCUT2D eigenvalue weighted by Crippen LogP contribution is -2.64. The molecule has 3 fully saturated rings. The van der Waals surface area contributed by atoms with Gasteiger partial charge in [0.2, 0.25) is 10.7 Å². The van der Waals surface area contributed by atoms with Crippen molar-refractivity contribution in [1.29, 1.82) is 0 Å². The number of nitrogens with zero attached hydrogens (tertiary/aromatic N) is 1. The van der Waals surface area contributed by atoms with Crippen LogP contribution in [0, 0.1) is 34.0 Å². The van der Waals surface area contributed by atoms with Crippen molar-refractivity contribution < 1.29 is 59.0 Å². The quantitative estimate of drug-likeness (QED) is 0.142. The summed E-state index contributed by atoms with van der Waals surface area (Å²) in [4.78, 5) is 79.3. The van der Waals surface area contributed by atoms with Gasteiger partial charge in [0, 0.05) is 38.6 Å². The highest BCUT2D eigenvalue weighted by molar-refractivity contribution is 6.53. The maximum absolute atomic E-state index is 14.4. The van der Waals surface area contributed by atoms with E-state index in [1.165, 1.54) is 32.1 Å². The van der Waals surface area contributed by atoms with Gasteiger partial charge in [0.15, 0.2) is 11.9 Å². The van der Waals surface area contributed by atoms with E-state index in [9.17, 15) is 41.9 Å². The third-order valence-corrected chi connectivity index (χ3v) is 11.3. The average Bonchev–Trinajstić information content (AvgIpc) is 3.32. The predicted molar refractivity (Wildman–Crippen MR) is 176 cm³/mol. The lowest BCUT2D eigenvalue weighted by Gasteiger charge is -2.61. The van der Waals surface area contributed by atoms with Gasteiger partial charge < -0.3 is 19.5 Å². The van der Waals surface area contributed by atoms with Crippen molar-refractivity contribution in [3.63, 3.8) is 0 Å². The van der Waals surface area contributed by atoms with Crippen molar-refractivity contribution in [3.8, 4) is 0 Å². The van der Waals surface area contributed by atoms with E-state index in [-0.39, 0.29) is 39.4 Å². The number of rotatable bonds is 7. The van der Waals surface area contributed by atoms with E-state index in [0.717, 1.165) is 6.20 Å². The van der Waals surface area contributed by atoms with Crippen LogP contribution in [0.4, 0.5) is 23.8 Å². The molecule has 12 nitrogen and oxygen atoms in total. The number of carbonyl (C=O) groups is 6. The summed E-state index contributed by atoms with van der Waals surface area (Å²) in [7, 11) is 0. The lowest BCUT2D eigenvalue weighted by molar-refractivity contribution is -0.229. The Balaban J connectivity index is 0.00000468. The van der Waals surface area contributed by atoms with Gasteiger partial charge in [-0.1, -0.05) is 57.0 Å². The van der Waals surface area contributed by atoms with Crippen LogP contribution in [0.25, 0.3) is 0 Å². The van der Waals surface area contributed by atoms with Crippen molar-refractivity contribution in [2.75, 3.05) is 5.32 Å². The lowest BCUT2D eigenvalue weighted by atomic mass is 9.44. The molecule has 1 heterocycles. The molecule has 0 spiro atoms. The maximum atomic E-state index is 14.4. The van der Waals surface area contributed by atoms with Crippen molar-refractivity contribution in [2.45, 2.75) is 89.6 Å². The first kappa shape index (κ1) is 39.1. The van der Waals surface area contributed by atoms with Crippen LogP contribution in [-0.4, -0.2) is 69.9 Å². The zero-order chi connectivity index (χ0) is 37.6. The van der Waals surface area contributed by atoms with Gasteiger partial charge in [-0.25, -0.2) is 19.4 Å². The number of esters is 2. The van der Waals surface area contributed by atoms with Crippen LogP contribution in [0.15, 0.2) is 31.0 Å². The van der Waals surface area contributed by atoms with E-state index in [1.54, 1.807) is 13.8 Å². The fourth-order valence-corrected chi connectivity index (χ4v) is 8.36. The van der Waals surface area contributed by atoms with Gasteiger partial charge in [-0.15, -0.1) is 6.58 Å². The molecule has 2 N–H and O–H groups in total. The van der Waals surface area contributed by atoms with Gasteiger partial charge in [-0.3, -0.25) is 19.7 Å². The number of aromatic nitrogens is 1. The second-order valence-corrected chi connectivity index (χ2v) is 14.9. The molecular weight excluding hydrogens is 710 g/mol. The largest absolute Gasteiger partial charge is 0.490 e. The van der Waals surface area contributed by atoms with Crippen LogP contribution >= 0.6 is 23.2 Å². The first-order valence-electron chi connectivity index (χ1n) is 15.8. The third kappa shape index (κ3) is 7.21. The third-order valence-electron chi connectivity index (χ3n) is 11.0. The highest BCUT2D eigenvalue weighted by atomic mass is 35.5. The molecule has 50 heavy (non-hydrogen) atoms. The molecule has 2 unspecified atom stereocenters. The van der Waals surface area contributed by atoms with Crippen molar-refractivity contribution >= 4 is 64.6 Å². The second-order valence-electron chi connectivity index (χ2n) is 13.8. The normalized spacial score (nSPS) is 33.6. The van der Waals surface area contributed by atoms with Crippen LogP contribution in [0.2, 0.25) is 0 Å². The predicted octanol–water partition coefficient (Wildman–Crippen LogP) is 6.20. The Kier molecular flexibility index (Phi) is 11.0. The summed E-state index contributed by atoms with van der Waals surface area (Å²) in [5, 5.41) is 4.55. The Labute approximate surface area is 299 Å². The van der Waals surface area contributed by atoms with E-state index < -0.39 is 93.0 Å². The number of imide groups is 1. The summed E-state index contributed by atoms with van der Waals surface area (Å²) in [6, 6.07) is 2.64. The van der Waals surface area contributed by atoms with Crippen LogP contribution in [-0.2, 0) is 33.4 Å². The Morgan fingerprint density at radius 2 is 1.76 bits per heavy atom. The SMILES string of the molecule is C=C[C@]1(C)C[C@@H](OC(=O)NC(=O)c2ccc(NC(C)=O)nc2)[C@]2(C)C(C)CC[C@]3(C[C@H](OC(=O)C(Cl)Cl)C(=O)C32)[C@@H](C)[C@@H]1OC(=O)C(F)(F)F.[HH].[HH]. The van der Waals surface area contributed by atoms with E-state index in [4.69, 9.17) is 37.4 Å². The van der Waals surface area contributed by atoms with Crippen LogP contribution in [0.5, 0.6) is 0 Å². The number of alkyl halides is 5. The Morgan fingerprint density at radius 3 is 2.30 bits per heavy atom. The van der Waals surface area contributed by atoms with E-state index in [2.05, 4.69) is 22.2 Å². The number of nitrogens with one attached hydrogen (secondary N) is 2. The fourth-order valence-electron chi connectivity index (χ4n) is 8.26. The van der Waals surface area contributed by atoms with Gasteiger partial charge in [-0.05, 0) is 49.1 Å². The smallest absolute Gasteiger partial charge is 0.454 e. The summed E-state index contributed by atoms with van der Waals surface area (Å²) < 4.78 is 57.6. The minimum Gasteiger partial charge on any atom is -0.454 e. The minimum atomic E-state index is -5.36. The molecule has 3 aliphatic carbocycles. The highest BCUT2D eigenvalue weighted by Gasteiger charge is 2.72. The number of Topliss-reactive ketones (excluding diaryl/α,β-unsaturated/α-hetero) is 1. The molecule has 1 aromatic rings. The summed E-state index contributed by atoms with van der Waals surface area (Å²) in [6.45, 7) is 11.7. The zero-order valence-corrected chi connectivity index (χ0v) is 29.4. The number of pyridine rings is 1. The number of carbonyl (C=O) groups excluding carboxylic acids is 6. The first-order valence-corrected chi connectivity index (χ1v) is 16.7.